The van der Waals surface area contributed by atoms with Crippen molar-refractivity contribution in [2.45, 2.75) is 18.7 Å². The third kappa shape index (κ3) is 2.91. The quantitative estimate of drug-likeness (QED) is 0.884. The molecule has 7 heteroatoms. The van der Waals surface area contributed by atoms with Gasteiger partial charge in [0.2, 0.25) is 0 Å². The first-order chi connectivity index (χ1) is 9.31. The van der Waals surface area contributed by atoms with Crippen molar-refractivity contribution in [1.82, 2.24) is 4.98 Å². The van der Waals surface area contributed by atoms with Crippen LogP contribution in [0.25, 0.3) is 0 Å². The molecule has 0 unspecified atom stereocenters. The maximum absolute atomic E-state index is 13.2. The zero-order valence-electron chi connectivity index (χ0n) is 10.8. The van der Waals surface area contributed by atoms with Gasteiger partial charge in [0.25, 0.3) is 10.0 Å². The molecule has 0 fully saturated rings. The van der Waals surface area contributed by atoms with Crippen LogP contribution in [-0.4, -0.2) is 13.4 Å². The molecule has 2 aromatic rings. The summed E-state index contributed by atoms with van der Waals surface area (Å²) in [5, 5.41) is 0.0495. The lowest BCUT2D eigenvalue weighted by atomic mass is 10.1. The Labute approximate surface area is 121 Å². The van der Waals surface area contributed by atoms with E-state index in [2.05, 4.69) is 9.71 Å². The van der Waals surface area contributed by atoms with Gasteiger partial charge in [0.15, 0.2) is 5.15 Å². The molecule has 1 aromatic heterocycles. The maximum Gasteiger partial charge on any atom is 0.262 e. The second-order valence-corrected chi connectivity index (χ2v) is 6.29. The predicted molar refractivity (Wildman–Crippen MR) is 75.9 cm³/mol. The summed E-state index contributed by atoms with van der Waals surface area (Å²) in [4.78, 5) is 3.83. The van der Waals surface area contributed by atoms with Crippen LogP contribution in [0.4, 0.5) is 10.1 Å². The molecule has 106 valence electrons. The topological polar surface area (TPSA) is 59.1 Å². The van der Waals surface area contributed by atoms with Gasteiger partial charge in [-0.05, 0) is 49.2 Å². The van der Waals surface area contributed by atoms with Crippen molar-refractivity contribution >= 4 is 27.3 Å². The summed E-state index contributed by atoms with van der Waals surface area (Å²) in [6, 6.07) is 5.41. The van der Waals surface area contributed by atoms with Gasteiger partial charge in [-0.3, -0.25) is 4.72 Å². The second kappa shape index (κ2) is 5.38. The van der Waals surface area contributed by atoms with Crippen molar-refractivity contribution in [3.8, 4) is 0 Å². The minimum absolute atomic E-state index is 0.0406. The van der Waals surface area contributed by atoms with Crippen molar-refractivity contribution in [3.63, 3.8) is 0 Å². The molecular formula is C13H12ClFN2O2S. The van der Waals surface area contributed by atoms with Gasteiger partial charge >= 0.3 is 0 Å². The lowest BCUT2D eigenvalue weighted by Crippen LogP contribution is -2.16. The Balaban J connectivity index is 2.50. The normalized spacial score (nSPS) is 11.4. The van der Waals surface area contributed by atoms with Gasteiger partial charge in [-0.15, -0.1) is 0 Å². The van der Waals surface area contributed by atoms with E-state index in [-0.39, 0.29) is 15.7 Å². The van der Waals surface area contributed by atoms with Crippen molar-refractivity contribution in [2.24, 2.45) is 0 Å². The van der Waals surface area contributed by atoms with E-state index in [1.165, 1.54) is 38.2 Å². The van der Waals surface area contributed by atoms with Gasteiger partial charge in [-0.25, -0.2) is 17.8 Å². The first-order valence-corrected chi connectivity index (χ1v) is 7.57. The summed E-state index contributed by atoms with van der Waals surface area (Å²) in [6.45, 7) is 3.07. The largest absolute Gasteiger partial charge is 0.276 e. The average molecular weight is 315 g/mol. The molecule has 0 aliphatic carbocycles. The molecular weight excluding hydrogens is 303 g/mol. The number of anilines is 1. The number of halogens is 2. The van der Waals surface area contributed by atoms with E-state index in [4.69, 9.17) is 11.6 Å². The van der Waals surface area contributed by atoms with Gasteiger partial charge in [0.1, 0.15) is 5.82 Å². The summed E-state index contributed by atoms with van der Waals surface area (Å²) in [5.74, 6) is -0.474. The Bertz CT molecular complexity index is 740. The maximum atomic E-state index is 13.2. The highest BCUT2D eigenvalue weighted by Gasteiger charge is 2.21. The van der Waals surface area contributed by atoms with Crippen molar-refractivity contribution < 1.29 is 12.8 Å². The zero-order valence-corrected chi connectivity index (χ0v) is 12.4. The van der Waals surface area contributed by atoms with Crippen molar-refractivity contribution in [1.29, 1.82) is 0 Å². The van der Waals surface area contributed by atoms with Gasteiger partial charge < -0.3 is 0 Å². The van der Waals surface area contributed by atoms with Gasteiger partial charge in [-0.1, -0.05) is 11.6 Å². The lowest BCUT2D eigenvalue weighted by molar-refractivity contribution is 0.597. The molecule has 1 heterocycles. The molecule has 0 radical (unpaired) electrons. The van der Waals surface area contributed by atoms with Crippen LogP contribution in [0.1, 0.15) is 11.1 Å². The summed E-state index contributed by atoms with van der Waals surface area (Å²) in [6.07, 6.45) is 1.45. The highest BCUT2D eigenvalue weighted by molar-refractivity contribution is 7.92. The Morgan fingerprint density at radius 2 is 1.85 bits per heavy atom. The lowest BCUT2D eigenvalue weighted by Gasteiger charge is -2.13. The summed E-state index contributed by atoms with van der Waals surface area (Å²) >= 11 is 5.82. The zero-order chi connectivity index (χ0) is 14.9. The molecule has 2 rings (SSSR count). The minimum atomic E-state index is -3.86. The first kappa shape index (κ1) is 14.7. The summed E-state index contributed by atoms with van der Waals surface area (Å²) < 4.78 is 40.4. The Hall–Kier alpha value is -1.66. The fraction of sp³-hybridized carbons (Fsp3) is 0.154. The number of rotatable bonds is 3. The average Bonchev–Trinajstić information content (AvgIpc) is 2.30. The fourth-order valence-corrected chi connectivity index (χ4v) is 3.72. The van der Waals surface area contributed by atoms with Crippen molar-refractivity contribution in [3.05, 3.63) is 52.6 Å². The van der Waals surface area contributed by atoms with Crippen LogP contribution in [0, 0.1) is 19.7 Å². The molecule has 0 aliphatic heterocycles. The Morgan fingerprint density at radius 1 is 1.25 bits per heavy atom. The summed E-state index contributed by atoms with van der Waals surface area (Å²) in [7, 11) is -3.86. The molecule has 0 saturated carbocycles. The number of benzene rings is 1. The highest BCUT2D eigenvalue weighted by Crippen LogP contribution is 2.26. The predicted octanol–water partition coefficient (Wildman–Crippen LogP) is 3.29. The van der Waals surface area contributed by atoms with E-state index in [0.29, 0.717) is 11.1 Å². The number of aromatic nitrogens is 1. The van der Waals surface area contributed by atoms with E-state index in [1.54, 1.807) is 6.07 Å². The van der Waals surface area contributed by atoms with Crippen LogP contribution in [0.3, 0.4) is 0 Å². The third-order valence-corrected chi connectivity index (χ3v) is 4.67. The number of sulfonamides is 1. The van der Waals surface area contributed by atoms with Gasteiger partial charge in [-0.2, -0.15) is 0 Å². The number of hydrogen-bond acceptors (Lipinski definition) is 3. The molecule has 0 amide bonds. The van der Waals surface area contributed by atoms with Crippen molar-refractivity contribution in [2.75, 3.05) is 4.72 Å². The highest BCUT2D eigenvalue weighted by atomic mass is 35.5. The molecule has 1 N–H and O–H groups in total. The van der Waals surface area contributed by atoms with E-state index in [0.717, 1.165) is 0 Å². The first-order valence-electron chi connectivity index (χ1n) is 5.71. The number of nitrogens with zero attached hydrogens (tertiary/aromatic N) is 1. The molecule has 0 saturated heterocycles. The van der Waals surface area contributed by atoms with Gasteiger partial charge in [0, 0.05) is 6.20 Å². The molecule has 20 heavy (non-hydrogen) atoms. The van der Waals surface area contributed by atoms with E-state index >= 15 is 0 Å². The van der Waals surface area contributed by atoms with E-state index < -0.39 is 15.8 Å². The number of aryl methyl sites for hydroxylation is 2. The van der Waals surface area contributed by atoms with Crippen LogP contribution in [0.5, 0.6) is 0 Å². The minimum Gasteiger partial charge on any atom is -0.276 e. The van der Waals surface area contributed by atoms with Crippen LogP contribution in [0.2, 0.25) is 5.15 Å². The van der Waals surface area contributed by atoms with Crippen LogP contribution < -0.4 is 4.72 Å². The van der Waals surface area contributed by atoms with Crippen LogP contribution >= 0.6 is 11.6 Å². The fourth-order valence-electron chi connectivity index (χ4n) is 1.98. The second-order valence-electron chi connectivity index (χ2n) is 4.32. The number of hydrogen-bond donors (Lipinski definition) is 1. The monoisotopic (exact) mass is 314 g/mol. The Kier molecular flexibility index (Phi) is 3.96. The standard InChI is InChI=1S/C13H12ClFN2O2S/c1-8-6-10(15)7-9(2)12(8)20(18,19)17-11-4-3-5-16-13(11)14/h3-7,17H,1-2H3. The molecule has 4 nitrogen and oxygen atoms in total. The molecule has 0 bridgehead atoms. The molecule has 0 atom stereocenters. The SMILES string of the molecule is Cc1cc(F)cc(C)c1S(=O)(=O)Nc1cccnc1Cl. The number of nitrogens with one attached hydrogen (secondary N) is 1. The van der Waals surface area contributed by atoms with E-state index in [9.17, 15) is 12.8 Å². The molecule has 0 spiro atoms. The smallest absolute Gasteiger partial charge is 0.262 e. The van der Waals surface area contributed by atoms with Crippen LogP contribution in [0.15, 0.2) is 35.4 Å². The molecule has 1 aromatic carbocycles. The Morgan fingerprint density at radius 3 is 2.40 bits per heavy atom. The summed E-state index contributed by atoms with van der Waals surface area (Å²) in [5.41, 5.74) is 0.835. The van der Waals surface area contributed by atoms with Gasteiger partial charge in [0.05, 0.1) is 10.6 Å². The molecule has 0 aliphatic rings. The van der Waals surface area contributed by atoms with E-state index in [1.807, 2.05) is 0 Å². The third-order valence-electron chi connectivity index (χ3n) is 2.70. The van der Waals surface area contributed by atoms with Crippen LogP contribution in [-0.2, 0) is 10.0 Å². The number of pyridine rings is 1.